The van der Waals surface area contributed by atoms with E-state index in [1.165, 1.54) is 44.1 Å². The van der Waals surface area contributed by atoms with Crippen molar-refractivity contribution < 1.29 is 4.74 Å². The first kappa shape index (κ1) is 14.4. The Labute approximate surface area is 134 Å². The summed E-state index contributed by atoms with van der Waals surface area (Å²) in [6, 6.07) is 4.43. The van der Waals surface area contributed by atoms with Gasteiger partial charge in [-0.05, 0) is 90.9 Å². The Morgan fingerprint density at radius 2 is 2.00 bits per heavy atom. The first-order valence-electron chi connectivity index (χ1n) is 9.01. The van der Waals surface area contributed by atoms with Crippen LogP contribution in [0, 0.1) is 23.2 Å². The van der Waals surface area contributed by atoms with Crippen LogP contribution < -0.4 is 10.5 Å². The van der Waals surface area contributed by atoms with Gasteiger partial charge >= 0.3 is 0 Å². The van der Waals surface area contributed by atoms with Crippen LogP contribution in [0.5, 0.6) is 5.75 Å². The number of anilines is 1. The number of benzene rings is 1. The molecule has 1 aromatic carbocycles. The van der Waals surface area contributed by atoms with Gasteiger partial charge in [-0.25, -0.2) is 0 Å². The van der Waals surface area contributed by atoms with Gasteiger partial charge in [-0.3, -0.25) is 0 Å². The minimum Gasteiger partial charge on any atom is -0.495 e. The summed E-state index contributed by atoms with van der Waals surface area (Å²) < 4.78 is 5.49. The lowest BCUT2D eigenvalue weighted by atomic mass is 9.54. The van der Waals surface area contributed by atoms with Gasteiger partial charge in [-0.2, -0.15) is 0 Å². The molecule has 0 radical (unpaired) electrons. The van der Waals surface area contributed by atoms with Crippen LogP contribution in [0.15, 0.2) is 12.1 Å². The number of hydrogen-bond donors (Lipinski definition) is 1. The molecule has 0 saturated heterocycles. The van der Waals surface area contributed by atoms with Gasteiger partial charge in [-0.1, -0.05) is 13.8 Å². The maximum atomic E-state index is 6.12. The van der Waals surface area contributed by atoms with Crippen molar-refractivity contribution in [2.24, 2.45) is 23.2 Å². The van der Waals surface area contributed by atoms with Gasteiger partial charge in [0.1, 0.15) is 5.75 Å². The lowest BCUT2D eigenvalue weighted by Gasteiger charge is -2.50. The molecule has 120 valence electrons. The summed E-state index contributed by atoms with van der Waals surface area (Å²) >= 11 is 0. The molecule has 5 atom stereocenters. The average Bonchev–Trinajstić information content (AvgIpc) is 2.82. The SMILES string of the molecule is COc1cc2c(cc1N)CC[C@@H]1[C@@H]2CC[C@]2(C)C(C)CC[C@@H]12. The summed E-state index contributed by atoms with van der Waals surface area (Å²) in [4.78, 5) is 0. The number of rotatable bonds is 1. The number of nitrogen functional groups attached to an aromatic ring is 1. The maximum Gasteiger partial charge on any atom is 0.142 e. The molecule has 1 aromatic rings. The normalized spacial score (nSPS) is 39.8. The summed E-state index contributed by atoms with van der Waals surface area (Å²) in [5.41, 5.74) is 10.5. The molecule has 22 heavy (non-hydrogen) atoms. The number of nitrogens with two attached hydrogens (primary N) is 1. The van der Waals surface area contributed by atoms with E-state index < -0.39 is 0 Å². The smallest absolute Gasteiger partial charge is 0.142 e. The molecule has 0 aliphatic heterocycles. The maximum absolute atomic E-state index is 6.12. The van der Waals surface area contributed by atoms with Crippen molar-refractivity contribution in [2.45, 2.75) is 58.3 Å². The average molecular weight is 299 g/mol. The van der Waals surface area contributed by atoms with Crippen molar-refractivity contribution in [3.05, 3.63) is 23.3 Å². The van der Waals surface area contributed by atoms with E-state index >= 15 is 0 Å². The minimum absolute atomic E-state index is 0.594. The van der Waals surface area contributed by atoms with Crippen molar-refractivity contribution in [3.8, 4) is 5.75 Å². The third-order valence-electron chi connectivity index (χ3n) is 7.55. The number of fused-ring (bicyclic) bond motifs is 5. The van der Waals surface area contributed by atoms with Crippen LogP contribution in [-0.2, 0) is 6.42 Å². The summed E-state index contributed by atoms with van der Waals surface area (Å²) in [5, 5.41) is 0. The van der Waals surface area contributed by atoms with Crippen molar-refractivity contribution in [1.82, 2.24) is 0 Å². The second-order valence-electron chi connectivity index (χ2n) is 8.23. The van der Waals surface area contributed by atoms with E-state index in [-0.39, 0.29) is 0 Å². The summed E-state index contributed by atoms with van der Waals surface area (Å²) in [5.74, 6) is 4.32. The minimum atomic E-state index is 0.594. The molecule has 0 heterocycles. The predicted molar refractivity (Wildman–Crippen MR) is 91.2 cm³/mol. The molecule has 4 rings (SSSR count). The Bertz CT molecular complexity index is 596. The van der Waals surface area contributed by atoms with E-state index in [4.69, 9.17) is 10.5 Å². The third-order valence-corrected chi connectivity index (χ3v) is 7.55. The second kappa shape index (κ2) is 4.91. The quantitative estimate of drug-likeness (QED) is 0.758. The molecule has 3 aliphatic carbocycles. The zero-order chi connectivity index (χ0) is 15.5. The van der Waals surface area contributed by atoms with Gasteiger partial charge < -0.3 is 10.5 Å². The molecule has 2 nitrogen and oxygen atoms in total. The van der Waals surface area contributed by atoms with Crippen LogP contribution in [-0.4, -0.2) is 7.11 Å². The fraction of sp³-hybridized carbons (Fsp3) is 0.700. The van der Waals surface area contributed by atoms with Crippen LogP contribution in [0.1, 0.15) is 63.0 Å². The Balaban J connectivity index is 1.72. The first-order valence-corrected chi connectivity index (χ1v) is 9.01. The molecule has 2 fully saturated rings. The molecule has 0 aromatic heterocycles. The predicted octanol–water partition coefficient (Wildman–Crippen LogP) is 4.77. The number of ether oxygens (including phenoxy) is 1. The monoisotopic (exact) mass is 299 g/mol. The van der Waals surface area contributed by atoms with E-state index in [0.29, 0.717) is 5.41 Å². The molecule has 2 heteroatoms. The molecule has 2 saturated carbocycles. The van der Waals surface area contributed by atoms with Crippen LogP contribution in [0.2, 0.25) is 0 Å². The highest BCUT2D eigenvalue weighted by Crippen LogP contribution is 2.63. The standard InChI is InChI=1S/C20H29NO/c1-12-4-7-17-15-6-5-13-10-18(21)19(22-3)11-16(13)14(15)8-9-20(12,17)2/h10-12,14-15,17H,4-9,21H2,1-3H3/t12?,14-,15+,17-,20+/m0/s1. The van der Waals surface area contributed by atoms with Crippen molar-refractivity contribution in [3.63, 3.8) is 0 Å². The van der Waals surface area contributed by atoms with E-state index in [9.17, 15) is 0 Å². The summed E-state index contributed by atoms with van der Waals surface area (Å²) in [6.45, 7) is 5.06. The molecular formula is C20H29NO. The topological polar surface area (TPSA) is 35.2 Å². The third kappa shape index (κ3) is 1.85. The van der Waals surface area contributed by atoms with Crippen molar-refractivity contribution in [1.29, 1.82) is 0 Å². The van der Waals surface area contributed by atoms with E-state index in [2.05, 4.69) is 26.0 Å². The van der Waals surface area contributed by atoms with Crippen LogP contribution in [0.4, 0.5) is 5.69 Å². The fourth-order valence-electron chi connectivity index (χ4n) is 6.06. The highest BCUT2D eigenvalue weighted by molar-refractivity contribution is 5.58. The molecule has 0 bridgehead atoms. The molecule has 1 unspecified atom stereocenters. The van der Waals surface area contributed by atoms with Gasteiger partial charge in [0.2, 0.25) is 0 Å². The van der Waals surface area contributed by atoms with Gasteiger partial charge in [0.25, 0.3) is 0 Å². The highest BCUT2D eigenvalue weighted by atomic mass is 16.5. The van der Waals surface area contributed by atoms with Gasteiger partial charge in [0, 0.05) is 0 Å². The molecule has 0 amide bonds. The molecule has 3 aliphatic rings. The molecule has 2 N–H and O–H groups in total. The first-order chi connectivity index (χ1) is 10.5. The highest BCUT2D eigenvalue weighted by Gasteiger charge is 2.53. The lowest BCUT2D eigenvalue weighted by Crippen LogP contribution is -2.41. The van der Waals surface area contributed by atoms with Crippen LogP contribution >= 0.6 is 0 Å². The Morgan fingerprint density at radius 3 is 2.77 bits per heavy atom. The molecular weight excluding hydrogens is 270 g/mol. The second-order valence-corrected chi connectivity index (χ2v) is 8.23. The summed E-state index contributed by atoms with van der Waals surface area (Å²) in [6.07, 6.45) is 8.18. The lowest BCUT2D eigenvalue weighted by molar-refractivity contribution is 0.0336. The molecule has 0 spiro atoms. The summed E-state index contributed by atoms with van der Waals surface area (Å²) in [7, 11) is 1.73. The number of hydrogen-bond acceptors (Lipinski definition) is 2. The largest absolute Gasteiger partial charge is 0.495 e. The van der Waals surface area contributed by atoms with Gasteiger partial charge in [0.05, 0.1) is 12.8 Å². The van der Waals surface area contributed by atoms with Crippen LogP contribution in [0.25, 0.3) is 0 Å². The van der Waals surface area contributed by atoms with E-state index in [1.54, 1.807) is 12.7 Å². The number of methoxy groups -OCH3 is 1. The Kier molecular flexibility index (Phi) is 3.22. The Hall–Kier alpha value is -1.18. The number of aryl methyl sites for hydroxylation is 1. The van der Waals surface area contributed by atoms with Gasteiger partial charge in [-0.15, -0.1) is 0 Å². The van der Waals surface area contributed by atoms with Crippen molar-refractivity contribution >= 4 is 5.69 Å². The fourth-order valence-corrected chi connectivity index (χ4v) is 6.06. The Morgan fingerprint density at radius 1 is 1.18 bits per heavy atom. The van der Waals surface area contributed by atoms with E-state index in [1.807, 2.05) is 0 Å². The van der Waals surface area contributed by atoms with Gasteiger partial charge in [0.15, 0.2) is 0 Å². The van der Waals surface area contributed by atoms with E-state index in [0.717, 1.165) is 35.1 Å². The zero-order valence-corrected chi connectivity index (χ0v) is 14.2. The van der Waals surface area contributed by atoms with Crippen molar-refractivity contribution in [2.75, 3.05) is 12.8 Å². The van der Waals surface area contributed by atoms with Crippen LogP contribution in [0.3, 0.4) is 0 Å². The zero-order valence-electron chi connectivity index (χ0n) is 14.2.